The molecule has 0 aliphatic heterocycles. The summed E-state index contributed by atoms with van der Waals surface area (Å²) in [7, 11) is 0. The van der Waals surface area contributed by atoms with Crippen LogP contribution in [0.15, 0.2) is 0 Å². The molecule has 4 nitrogen and oxygen atoms in total. The average Bonchev–Trinajstić information content (AvgIpc) is 2.01. The van der Waals surface area contributed by atoms with Gasteiger partial charge in [-0.25, -0.2) is 4.79 Å². The van der Waals surface area contributed by atoms with E-state index in [0.717, 1.165) is 19.3 Å². The predicted molar refractivity (Wildman–Crippen MR) is 54.3 cm³/mol. The number of hydrogen-bond acceptors (Lipinski definition) is 2. The van der Waals surface area contributed by atoms with Gasteiger partial charge in [0.1, 0.15) is 0 Å². The first-order chi connectivity index (χ1) is 6.56. The molecule has 0 radical (unpaired) electrons. The van der Waals surface area contributed by atoms with Gasteiger partial charge in [-0.1, -0.05) is 0 Å². The van der Waals surface area contributed by atoms with Crippen LogP contribution < -0.4 is 10.6 Å². The molecule has 3 amide bonds. The van der Waals surface area contributed by atoms with Crippen LogP contribution in [0.25, 0.3) is 0 Å². The Bertz CT molecular complexity index is 239. The fourth-order valence-electron chi connectivity index (χ4n) is 1.41. The van der Waals surface area contributed by atoms with Crippen molar-refractivity contribution in [3.05, 3.63) is 0 Å². The zero-order valence-electron chi connectivity index (χ0n) is 8.23. The summed E-state index contributed by atoms with van der Waals surface area (Å²) in [5.74, 6) is -0.100. The summed E-state index contributed by atoms with van der Waals surface area (Å²) in [5, 5.41) is 5.00. The smallest absolute Gasteiger partial charge is 0.321 e. The molecule has 0 saturated heterocycles. The van der Waals surface area contributed by atoms with E-state index >= 15 is 0 Å². The van der Waals surface area contributed by atoms with E-state index in [9.17, 15) is 9.59 Å². The van der Waals surface area contributed by atoms with Crippen molar-refractivity contribution in [2.24, 2.45) is 0 Å². The number of rotatable bonds is 3. The number of hydrogen-bond donors (Lipinski definition) is 2. The molecule has 1 saturated carbocycles. The van der Waals surface area contributed by atoms with Gasteiger partial charge in [-0.2, -0.15) is 0 Å². The van der Waals surface area contributed by atoms with E-state index in [1.54, 1.807) is 0 Å². The Hall–Kier alpha value is -0.770. The van der Waals surface area contributed by atoms with Crippen molar-refractivity contribution in [1.82, 2.24) is 10.6 Å². The van der Waals surface area contributed by atoms with E-state index in [1.165, 1.54) is 0 Å². The number of halogens is 1. The largest absolute Gasteiger partial charge is 0.333 e. The van der Waals surface area contributed by atoms with Crippen LogP contribution >= 0.6 is 11.6 Å². The Labute approximate surface area is 88.4 Å². The standard InChI is InChI=1S/C9H15ClN2O2/c1-9(4-2-5-9)12-8(14)11-7(13)3-6-10/h2-6H2,1H3,(H2,11,12,13,14). The molecule has 0 heterocycles. The Balaban J connectivity index is 2.25. The van der Waals surface area contributed by atoms with Crippen LogP contribution in [-0.4, -0.2) is 23.4 Å². The number of carbonyl (C=O) groups excluding carboxylic acids is 2. The maximum atomic E-state index is 11.3. The van der Waals surface area contributed by atoms with E-state index in [0.29, 0.717) is 0 Å². The van der Waals surface area contributed by atoms with E-state index in [4.69, 9.17) is 11.6 Å². The highest BCUT2D eigenvalue weighted by molar-refractivity contribution is 6.19. The number of urea groups is 1. The molecular formula is C9H15ClN2O2. The van der Waals surface area contributed by atoms with Gasteiger partial charge in [-0.15, -0.1) is 11.6 Å². The zero-order chi connectivity index (χ0) is 10.6. The molecule has 0 atom stereocenters. The van der Waals surface area contributed by atoms with Gasteiger partial charge in [0.15, 0.2) is 0 Å². The van der Waals surface area contributed by atoms with Crippen LogP contribution in [0.1, 0.15) is 32.6 Å². The molecule has 5 heteroatoms. The van der Waals surface area contributed by atoms with E-state index < -0.39 is 6.03 Å². The normalized spacial score (nSPS) is 18.1. The molecule has 0 bridgehead atoms. The summed E-state index contributed by atoms with van der Waals surface area (Å²) in [6, 6.07) is -0.415. The molecular weight excluding hydrogens is 204 g/mol. The first kappa shape index (κ1) is 11.3. The summed E-state index contributed by atoms with van der Waals surface area (Å²) < 4.78 is 0. The van der Waals surface area contributed by atoms with Crippen molar-refractivity contribution in [1.29, 1.82) is 0 Å². The van der Waals surface area contributed by atoms with Gasteiger partial charge in [0, 0.05) is 17.8 Å². The number of amides is 3. The second-order valence-corrected chi connectivity index (χ2v) is 4.23. The lowest BCUT2D eigenvalue weighted by Gasteiger charge is -2.38. The minimum atomic E-state index is -0.415. The summed E-state index contributed by atoms with van der Waals surface area (Å²) in [4.78, 5) is 22.2. The predicted octanol–water partition coefficient (Wildman–Crippen LogP) is 1.38. The minimum absolute atomic E-state index is 0.120. The lowest BCUT2D eigenvalue weighted by atomic mass is 9.79. The third-order valence-corrected chi connectivity index (χ3v) is 2.64. The number of carbonyl (C=O) groups is 2. The third kappa shape index (κ3) is 3.18. The van der Waals surface area contributed by atoms with E-state index in [2.05, 4.69) is 10.6 Å². The van der Waals surface area contributed by atoms with Gasteiger partial charge in [0.05, 0.1) is 0 Å². The highest BCUT2D eigenvalue weighted by atomic mass is 35.5. The Morgan fingerprint density at radius 1 is 1.43 bits per heavy atom. The fraction of sp³-hybridized carbons (Fsp3) is 0.778. The molecule has 0 spiro atoms. The van der Waals surface area contributed by atoms with Crippen LogP contribution in [0.3, 0.4) is 0 Å². The first-order valence-electron chi connectivity index (χ1n) is 4.74. The van der Waals surface area contributed by atoms with E-state index in [-0.39, 0.29) is 23.7 Å². The van der Waals surface area contributed by atoms with Crippen LogP contribution in [0.4, 0.5) is 4.79 Å². The number of alkyl halides is 1. The van der Waals surface area contributed by atoms with Crippen LogP contribution in [0.2, 0.25) is 0 Å². The fourth-order valence-corrected chi connectivity index (χ4v) is 1.58. The molecule has 0 aromatic heterocycles. The second-order valence-electron chi connectivity index (χ2n) is 3.86. The molecule has 80 valence electrons. The molecule has 1 aliphatic rings. The maximum Gasteiger partial charge on any atom is 0.321 e. The lowest BCUT2D eigenvalue weighted by molar-refractivity contribution is -0.119. The van der Waals surface area contributed by atoms with Gasteiger partial charge < -0.3 is 5.32 Å². The van der Waals surface area contributed by atoms with Crippen molar-refractivity contribution in [3.8, 4) is 0 Å². The molecule has 0 unspecified atom stereocenters. The van der Waals surface area contributed by atoms with Crippen LogP contribution in [0, 0.1) is 0 Å². The van der Waals surface area contributed by atoms with Gasteiger partial charge in [0.2, 0.25) is 5.91 Å². The first-order valence-corrected chi connectivity index (χ1v) is 5.27. The van der Waals surface area contributed by atoms with E-state index in [1.807, 2.05) is 6.92 Å². The molecule has 1 fully saturated rings. The lowest BCUT2D eigenvalue weighted by Crippen LogP contribution is -2.55. The molecule has 0 aromatic rings. The Morgan fingerprint density at radius 3 is 2.50 bits per heavy atom. The SMILES string of the molecule is CC1(NC(=O)NC(=O)CCCl)CCC1. The Kier molecular flexibility index (Phi) is 3.75. The third-order valence-electron chi connectivity index (χ3n) is 2.45. The summed E-state index contributed by atoms with van der Waals surface area (Å²) in [6.45, 7) is 1.97. The highest BCUT2D eigenvalue weighted by Crippen LogP contribution is 2.30. The molecule has 1 aliphatic carbocycles. The van der Waals surface area contributed by atoms with Crippen molar-refractivity contribution in [2.45, 2.75) is 38.1 Å². The molecule has 14 heavy (non-hydrogen) atoms. The maximum absolute atomic E-state index is 11.3. The minimum Gasteiger partial charge on any atom is -0.333 e. The number of imide groups is 1. The van der Waals surface area contributed by atoms with Crippen LogP contribution in [0.5, 0.6) is 0 Å². The average molecular weight is 219 g/mol. The second kappa shape index (κ2) is 4.64. The van der Waals surface area contributed by atoms with Crippen molar-refractivity contribution in [2.75, 3.05) is 5.88 Å². The van der Waals surface area contributed by atoms with Crippen molar-refractivity contribution in [3.63, 3.8) is 0 Å². The quantitative estimate of drug-likeness (QED) is 0.704. The van der Waals surface area contributed by atoms with Gasteiger partial charge in [-0.05, 0) is 26.2 Å². The van der Waals surface area contributed by atoms with Gasteiger partial charge >= 0.3 is 6.03 Å². The van der Waals surface area contributed by atoms with Crippen molar-refractivity contribution >= 4 is 23.5 Å². The summed E-state index contributed by atoms with van der Waals surface area (Å²) in [6.07, 6.45) is 3.26. The summed E-state index contributed by atoms with van der Waals surface area (Å²) >= 11 is 5.36. The molecule has 0 aromatic carbocycles. The van der Waals surface area contributed by atoms with Gasteiger partial charge in [-0.3, -0.25) is 10.1 Å². The summed E-state index contributed by atoms with van der Waals surface area (Å²) in [5.41, 5.74) is -0.120. The Morgan fingerprint density at radius 2 is 2.07 bits per heavy atom. The monoisotopic (exact) mass is 218 g/mol. The van der Waals surface area contributed by atoms with Crippen molar-refractivity contribution < 1.29 is 9.59 Å². The highest BCUT2D eigenvalue weighted by Gasteiger charge is 2.33. The zero-order valence-corrected chi connectivity index (χ0v) is 8.99. The molecule has 1 rings (SSSR count). The topological polar surface area (TPSA) is 58.2 Å². The molecule has 2 N–H and O–H groups in total. The number of nitrogens with one attached hydrogen (secondary N) is 2. The van der Waals surface area contributed by atoms with Gasteiger partial charge in [0.25, 0.3) is 0 Å². The van der Waals surface area contributed by atoms with Crippen LogP contribution in [-0.2, 0) is 4.79 Å².